The quantitative estimate of drug-likeness (QED) is 0.257. The third kappa shape index (κ3) is 4.40. The Labute approximate surface area is 241 Å². The molecule has 0 amide bonds. The molecule has 4 heteroatoms. The average Bonchev–Trinajstić information content (AvgIpc) is 3.71. The van der Waals surface area contributed by atoms with Crippen LogP contribution in [0.2, 0.25) is 0 Å². The highest BCUT2D eigenvalue weighted by Crippen LogP contribution is 2.38. The number of fused-ring (bicyclic) bond motifs is 9. The lowest BCUT2D eigenvalue weighted by molar-refractivity contribution is 0.894. The lowest BCUT2D eigenvalue weighted by Gasteiger charge is -2.09. The fourth-order valence-corrected chi connectivity index (χ4v) is 7.41. The van der Waals surface area contributed by atoms with Gasteiger partial charge >= 0.3 is 0 Å². The maximum absolute atomic E-state index is 5.42. The Hall–Kier alpha value is -3.27. The Kier molecular flexibility index (Phi) is 8.26. The zero-order chi connectivity index (χ0) is 28.6. The topological polar surface area (TPSA) is 59.7 Å². The lowest BCUT2D eigenvalue weighted by atomic mass is 9.93. The molecule has 3 aromatic rings. The predicted molar refractivity (Wildman–Crippen MR) is 174 cm³/mol. The number of aliphatic imine (C=N–C) groups is 1. The second-order valence-corrected chi connectivity index (χ2v) is 11.1. The van der Waals surface area contributed by atoms with Crippen LogP contribution in [0.5, 0.6) is 0 Å². The van der Waals surface area contributed by atoms with Gasteiger partial charge in [0.1, 0.15) is 0 Å². The Balaban J connectivity index is 1.85. The van der Waals surface area contributed by atoms with Gasteiger partial charge in [0.15, 0.2) is 0 Å². The van der Waals surface area contributed by atoms with E-state index in [1.54, 1.807) is 0 Å². The zero-order valence-corrected chi connectivity index (χ0v) is 26.0. The average molecular weight is 537 g/mol. The molecule has 0 fully saturated rings. The number of aromatic amines is 3. The Bertz CT molecular complexity index is 1520. The van der Waals surface area contributed by atoms with Crippen LogP contribution in [-0.2, 0) is 38.5 Å². The Morgan fingerprint density at radius 2 is 0.925 bits per heavy atom. The fraction of sp³-hybridized carbons (Fsp3) is 0.472. The van der Waals surface area contributed by atoms with Gasteiger partial charge in [0, 0.05) is 17.1 Å². The molecule has 5 heterocycles. The predicted octanol–water partition coefficient (Wildman–Crippen LogP) is 9.20. The smallest absolute Gasteiger partial charge is 0.0908 e. The molecule has 1 atom stereocenters. The number of H-pyrrole nitrogens is 3. The second kappa shape index (κ2) is 11.7. The van der Waals surface area contributed by atoms with Crippen LogP contribution in [0, 0.1) is 0 Å². The summed E-state index contributed by atoms with van der Waals surface area (Å²) in [5, 5.41) is 0. The summed E-state index contributed by atoms with van der Waals surface area (Å²) in [6.45, 7) is 18.3. The maximum Gasteiger partial charge on any atom is 0.0908 e. The van der Waals surface area contributed by atoms with Crippen LogP contribution in [0.3, 0.4) is 0 Å². The van der Waals surface area contributed by atoms with Crippen molar-refractivity contribution in [3.05, 3.63) is 73.4 Å². The van der Waals surface area contributed by atoms with Gasteiger partial charge < -0.3 is 15.0 Å². The molecular weight excluding hydrogens is 488 g/mol. The minimum absolute atomic E-state index is 0.0800. The number of hydrogen-bond donors (Lipinski definition) is 3. The van der Waals surface area contributed by atoms with E-state index in [0.29, 0.717) is 0 Å². The van der Waals surface area contributed by atoms with E-state index in [1.165, 1.54) is 84.4 Å². The van der Waals surface area contributed by atoms with Crippen LogP contribution >= 0.6 is 0 Å². The second-order valence-electron chi connectivity index (χ2n) is 11.1. The lowest BCUT2D eigenvalue weighted by Crippen LogP contribution is -2.06. The monoisotopic (exact) mass is 536 g/mol. The van der Waals surface area contributed by atoms with Crippen LogP contribution in [0.4, 0.5) is 0 Å². The highest BCUT2D eigenvalue weighted by Gasteiger charge is 2.29. The molecule has 1 unspecified atom stereocenters. The Morgan fingerprint density at radius 3 is 1.35 bits per heavy atom. The van der Waals surface area contributed by atoms with Gasteiger partial charge in [-0.2, -0.15) is 0 Å². The van der Waals surface area contributed by atoms with Crippen molar-refractivity contribution >= 4 is 23.9 Å². The number of rotatable bonds is 8. The normalized spacial score (nSPS) is 18.0. The van der Waals surface area contributed by atoms with Crippen LogP contribution in [0.1, 0.15) is 124 Å². The van der Waals surface area contributed by atoms with E-state index < -0.39 is 0 Å². The van der Waals surface area contributed by atoms with Crippen molar-refractivity contribution in [2.45, 2.75) is 113 Å². The van der Waals surface area contributed by atoms with Crippen LogP contribution in [0.25, 0.3) is 29.6 Å². The first kappa shape index (κ1) is 28.3. The highest BCUT2D eigenvalue weighted by molar-refractivity contribution is 6.15. The number of nitrogens with zero attached hydrogens (tertiary/aromatic N) is 1. The van der Waals surface area contributed by atoms with Crippen molar-refractivity contribution in [2.24, 2.45) is 4.99 Å². The molecule has 0 saturated heterocycles. The van der Waals surface area contributed by atoms with Gasteiger partial charge in [-0.15, -0.1) is 0 Å². The molecule has 0 saturated carbocycles. The molecule has 2 aliphatic rings. The molecule has 4 nitrogen and oxygen atoms in total. The summed E-state index contributed by atoms with van der Waals surface area (Å²) in [6.07, 6.45) is 17.3. The summed E-state index contributed by atoms with van der Waals surface area (Å²) in [6, 6.07) is 0.0800. The third-order valence-corrected chi connectivity index (χ3v) is 9.26. The standard InChI is InChI=1S/C36H48N4/c1-9-21-25(13-5)33-34-26(14-6)22(10-2)31(38-34)19-20-32-24(12-4)28(16-8)36(40-32)35-27(15-7)23(11-3)30(39-35)18-17-29(21)37-33/h17-20,29,38-40H,9-16H2,1-8H3/b18-17-,20-19-. The number of allylic oxidation sites excluding steroid dienone is 1. The van der Waals surface area contributed by atoms with Crippen molar-refractivity contribution in [1.29, 1.82) is 0 Å². The van der Waals surface area contributed by atoms with Crippen molar-refractivity contribution in [2.75, 3.05) is 0 Å². The minimum atomic E-state index is 0.0800. The van der Waals surface area contributed by atoms with Gasteiger partial charge in [0.25, 0.3) is 0 Å². The summed E-state index contributed by atoms with van der Waals surface area (Å²) in [5.74, 6) is 0. The summed E-state index contributed by atoms with van der Waals surface area (Å²) in [4.78, 5) is 17.1. The maximum atomic E-state index is 5.42. The van der Waals surface area contributed by atoms with E-state index >= 15 is 0 Å². The van der Waals surface area contributed by atoms with Crippen molar-refractivity contribution in [3.8, 4) is 11.4 Å². The minimum Gasteiger partial charge on any atom is -0.353 e. The summed E-state index contributed by atoms with van der Waals surface area (Å²) < 4.78 is 0. The van der Waals surface area contributed by atoms with Crippen molar-refractivity contribution < 1.29 is 0 Å². The van der Waals surface area contributed by atoms with Crippen LogP contribution in [0.15, 0.2) is 22.2 Å². The van der Waals surface area contributed by atoms with Crippen LogP contribution < -0.4 is 0 Å². The summed E-state index contributed by atoms with van der Waals surface area (Å²) in [5.41, 5.74) is 20.1. The van der Waals surface area contributed by atoms with Gasteiger partial charge in [0.05, 0.1) is 28.8 Å². The molecular formula is C36H48N4. The Morgan fingerprint density at radius 1 is 0.500 bits per heavy atom. The SMILES string of the molecule is CCC1=C(CC)C2/C=C\c3[nH]c(c(CC)c3CC)-c3[nH]c(c(CC)c3CC)/C=C\c3[nH]c(c(CC)c3CC)C1=N2. The number of hydrogen-bond acceptors (Lipinski definition) is 1. The highest BCUT2D eigenvalue weighted by atomic mass is 14.9. The van der Waals surface area contributed by atoms with Crippen molar-refractivity contribution in [1.82, 2.24) is 15.0 Å². The first-order valence-corrected chi connectivity index (χ1v) is 15.9. The van der Waals surface area contributed by atoms with Crippen LogP contribution in [-0.4, -0.2) is 26.7 Å². The van der Waals surface area contributed by atoms with Gasteiger partial charge in [-0.1, -0.05) is 61.5 Å². The first-order valence-electron chi connectivity index (χ1n) is 15.9. The number of nitrogens with one attached hydrogen (secondary N) is 3. The fourth-order valence-electron chi connectivity index (χ4n) is 7.41. The molecule has 0 aliphatic carbocycles. The summed E-state index contributed by atoms with van der Waals surface area (Å²) in [7, 11) is 0. The summed E-state index contributed by atoms with van der Waals surface area (Å²) >= 11 is 0. The van der Waals surface area contributed by atoms with Gasteiger partial charge in [-0.05, 0) is 114 Å². The molecule has 0 radical (unpaired) electrons. The van der Waals surface area contributed by atoms with E-state index in [4.69, 9.17) is 4.99 Å². The molecule has 0 spiro atoms. The van der Waals surface area contributed by atoms with Gasteiger partial charge in [-0.25, -0.2) is 0 Å². The van der Waals surface area contributed by atoms with E-state index in [2.05, 4.69) is 94.6 Å². The molecule has 8 bridgehead atoms. The largest absolute Gasteiger partial charge is 0.353 e. The molecule has 0 aromatic carbocycles. The third-order valence-electron chi connectivity index (χ3n) is 9.26. The number of aromatic nitrogens is 3. The molecule has 40 heavy (non-hydrogen) atoms. The zero-order valence-electron chi connectivity index (χ0n) is 26.0. The molecule has 5 rings (SSSR count). The first-order chi connectivity index (χ1) is 19.5. The van der Waals surface area contributed by atoms with E-state index in [-0.39, 0.29) is 6.04 Å². The van der Waals surface area contributed by atoms with Gasteiger partial charge in [-0.3, -0.25) is 4.99 Å². The molecule has 3 aromatic heterocycles. The van der Waals surface area contributed by atoms with E-state index in [1.807, 2.05) is 0 Å². The van der Waals surface area contributed by atoms with E-state index in [9.17, 15) is 0 Å². The van der Waals surface area contributed by atoms with Crippen molar-refractivity contribution in [3.63, 3.8) is 0 Å². The molecule has 2 aliphatic heterocycles. The molecule has 212 valence electrons. The van der Waals surface area contributed by atoms with E-state index in [0.717, 1.165) is 51.4 Å². The molecule has 3 N–H and O–H groups in total. The van der Waals surface area contributed by atoms with Gasteiger partial charge in [0.2, 0.25) is 0 Å².